The molecule has 1 unspecified atom stereocenters. The number of nitrogens with one attached hydrogen (secondary N) is 1. The molecule has 0 spiro atoms. The van der Waals surface area contributed by atoms with Gasteiger partial charge in [0.15, 0.2) is 0 Å². The number of nitrogens with zero attached hydrogens (tertiary/aromatic N) is 1. The highest BCUT2D eigenvalue weighted by Crippen LogP contribution is 2.33. The third-order valence-electron chi connectivity index (χ3n) is 2.69. The largest absolute Gasteiger partial charge is 0.306 e. The Bertz CT molecular complexity index is 496. The van der Waals surface area contributed by atoms with Crippen LogP contribution in [0.1, 0.15) is 29.0 Å². The zero-order valence-corrected chi connectivity index (χ0v) is 11.5. The van der Waals surface area contributed by atoms with Crippen LogP contribution in [0.2, 0.25) is 5.02 Å². The van der Waals surface area contributed by atoms with Crippen LogP contribution in [-0.4, -0.2) is 11.5 Å². The molecule has 0 aliphatic heterocycles. The first-order valence-corrected chi connectivity index (χ1v) is 6.86. The van der Waals surface area contributed by atoms with Crippen molar-refractivity contribution in [3.63, 3.8) is 0 Å². The summed E-state index contributed by atoms with van der Waals surface area (Å²) in [5, 5.41) is 6.34. The molecular weight excluding hydrogens is 252 g/mol. The molecule has 0 saturated carbocycles. The van der Waals surface area contributed by atoms with Gasteiger partial charge >= 0.3 is 0 Å². The summed E-state index contributed by atoms with van der Waals surface area (Å²) in [6.07, 6.45) is 3.72. The highest BCUT2D eigenvalue weighted by molar-refractivity contribution is 7.10. The summed E-state index contributed by atoms with van der Waals surface area (Å²) in [4.78, 5) is 5.30. The van der Waals surface area contributed by atoms with Gasteiger partial charge in [0.2, 0.25) is 0 Å². The average Bonchev–Trinajstić information content (AvgIpc) is 2.74. The third-order valence-corrected chi connectivity index (χ3v) is 4.11. The molecule has 0 aliphatic rings. The Balaban J connectivity index is 2.43. The van der Waals surface area contributed by atoms with Gasteiger partial charge in [0, 0.05) is 17.3 Å². The number of aromatic nitrogens is 1. The van der Waals surface area contributed by atoms with E-state index in [1.165, 1.54) is 16.0 Å². The predicted molar refractivity (Wildman–Crippen MR) is 73.8 cm³/mol. The van der Waals surface area contributed by atoms with Crippen molar-refractivity contribution in [3.05, 3.63) is 50.9 Å². The standard InChI is InChI=1S/C13H15ClN2S/c1-3-16-12(13-11(14)5-7-17-13)10-4-6-15-8-9(10)2/h4-8,12,16H,3H2,1-2H3. The van der Waals surface area contributed by atoms with Gasteiger partial charge in [-0.15, -0.1) is 11.3 Å². The van der Waals surface area contributed by atoms with Gasteiger partial charge in [-0.1, -0.05) is 18.5 Å². The van der Waals surface area contributed by atoms with Crippen molar-refractivity contribution in [2.45, 2.75) is 19.9 Å². The van der Waals surface area contributed by atoms with Crippen LogP contribution in [0.3, 0.4) is 0 Å². The van der Waals surface area contributed by atoms with E-state index in [0.717, 1.165) is 11.6 Å². The summed E-state index contributed by atoms with van der Waals surface area (Å²) in [5.74, 6) is 0. The van der Waals surface area contributed by atoms with Crippen LogP contribution in [0.25, 0.3) is 0 Å². The monoisotopic (exact) mass is 266 g/mol. The van der Waals surface area contributed by atoms with Crippen molar-refractivity contribution in [1.29, 1.82) is 0 Å². The van der Waals surface area contributed by atoms with Crippen molar-refractivity contribution in [2.75, 3.05) is 6.54 Å². The molecule has 0 aliphatic carbocycles. The minimum Gasteiger partial charge on any atom is -0.306 e. The van der Waals surface area contributed by atoms with Gasteiger partial charge in [-0.2, -0.15) is 0 Å². The molecular formula is C13H15ClN2S. The van der Waals surface area contributed by atoms with Gasteiger partial charge in [0.1, 0.15) is 0 Å². The van der Waals surface area contributed by atoms with E-state index in [1.807, 2.05) is 23.8 Å². The molecule has 2 nitrogen and oxygen atoms in total. The molecule has 2 aromatic rings. The highest BCUT2D eigenvalue weighted by atomic mass is 35.5. The summed E-state index contributed by atoms with van der Waals surface area (Å²) >= 11 is 7.91. The summed E-state index contributed by atoms with van der Waals surface area (Å²) in [7, 11) is 0. The fourth-order valence-electron chi connectivity index (χ4n) is 1.87. The van der Waals surface area contributed by atoms with E-state index in [0.29, 0.717) is 0 Å². The second-order valence-electron chi connectivity index (χ2n) is 3.86. The first-order chi connectivity index (χ1) is 8.24. The van der Waals surface area contributed by atoms with Gasteiger partial charge in [0.05, 0.1) is 11.1 Å². The van der Waals surface area contributed by atoms with E-state index < -0.39 is 0 Å². The van der Waals surface area contributed by atoms with Crippen molar-refractivity contribution in [3.8, 4) is 0 Å². The Hall–Kier alpha value is -0.900. The van der Waals surface area contributed by atoms with Gasteiger partial charge in [0.25, 0.3) is 0 Å². The lowest BCUT2D eigenvalue weighted by atomic mass is 10.0. The van der Waals surface area contributed by atoms with Crippen LogP contribution in [0.4, 0.5) is 0 Å². The molecule has 0 fully saturated rings. The van der Waals surface area contributed by atoms with Crippen LogP contribution in [0.15, 0.2) is 29.9 Å². The molecule has 90 valence electrons. The lowest BCUT2D eigenvalue weighted by Crippen LogP contribution is -2.22. The number of hydrogen-bond acceptors (Lipinski definition) is 3. The van der Waals surface area contributed by atoms with E-state index in [2.05, 4.69) is 30.2 Å². The predicted octanol–water partition coefficient (Wildman–Crippen LogP) is 3.80. The topological polar surface area (TPSA) is 24.9 Å². The van der Waals surface area contributed by atoms with E-state index in [4.69, 9.17) is 11.6 Å². The molecule has 2 heterocycles. The quantitative estimate of drug-likeness (QED) is 0.910. The molecule has 0 radical (unpaired) electrons. The van der Waals surface area contributed by atoms with Gasteiger partial charge in [-0.25, -0.2) is 0 Å². The molecule has 1 atom stereocenters. The van der Waals surface area contributed by atoms with Crippen molar-refractivity contribution in [2.24, 2.45) is 0 Å². The van der Waals surface area contributed by atoms with Gasteiger partial charge in [-0.3, -0.25) is 4.98 Å². The Morgan fingerprint density at radius 3 is 2.88 bits per heavy atom. The number of rotatable bonds is 4. The minimum absolute atomic E-state index is 0.162. The maximum atomic E-state index is 6.23. The Labute approximate surface area is 111 Å². The molecule has 2 aromatic heterocycles. The smallest absolute Gasteiger partial charge is 0.0689 e. The summed E-state index contributed by atoms with van der Waals surface area (Å²) in [5.41, 5.74) is 2.43. The first-order valence-electron chi connectivity index (χ1n) is 5.60. The maximum Gasteiger partial charge on any atom is 0.0689 e. The number of hydrogen-bond donors (Lipinski definition) is 1. The average molecular weight is 267 g/mol. The van der Waals surface area contributed by atoms with E-state index in [1.54, 1.807) is 11.3 Å². The van der Waals surface area contributed by atoms with E-state index in [9.17, 15) is 0 Å². The molecule has 1 N–H and O–H groups in total. The van der Waals surface area contributed by atoms with Crippen LogP contribution in [0.5, 0.6) is 0 Å². The Morgan fingerprint density at radius 2 is 2.29 bits per heavy atom. The SMILES string of the molecule is CCNC(c1ccncc1C)c1sccc1Cl. The lowest BCUT2D eigenvalue weighted by Gasteiger charge is -2.19. The Morgan fingerprint density at radius 1 is 1.47 bits per heavy atom. The second-order valence-corrected chi connectivity index (χ2v) is 5.21. The molecule has 0 saturated heterocycles. The number of thiophene rings is 1. The van der Waals surface area contributed by atoms with Crippen LogP contribution in [-0.2, 0) is 0 Å². The Kier molecular flexibility index (Phi) is 4.15. The number of pyridine rings is 1. The van der Waals surface area contributed by atoms with E-state index in [-0.39, 0.29) is 6.04 Å². The lowest BCUT2D eigenvalue weighted by molar-refractivity contribution is 0.636. The fourth-order valence-corrected chi connectivity index (χ4v) is 3.13. The van der Waals surface area contributed by atoms with Crippen molar-refractivity contribution >= 4 is 22.9 Å². The molecule has 0 amide bonds. The summed E-state index contributed by atoms with van der Waals surface area (Å²) in [6, 6.07) is 4.16. The molecule has 2 rings (SSSR count). The van der Waals surface area contributed by atoms with Crippen molar-refractivity contribution in [1.82, 2.24) is 10.3 Å². The van der Waals surface area contributed by atoms with Crippen LogP contribution < -0.4 is 5.32 Å². The van der Waals surface area contributed by atoms with Crippen LogP contribution >= 0.6 is 22.9 Å². The van der Waals surface area contributed by atoms with Crippen LogP contribution in [0, 0.1) is 6.92 Å². The summed E-state index contributed by atoms with van der Waals surface area (Å²) < 4.78 is 0. The fraction of sp³-hybridized carbons (Fsp3) is 0.308. The highest BCUT2D eigenvalue weighted by Gasteiger charge is 2.18. The van der Waals surface area contributed by atoms with Gasteiger partial charge < -0.3 is 5.32 Å². The zero-order valence-electron chi connectivity index (χ0n) is 9.90. The number of halogens is 1. The molecule has 17 heavy (non-hydrogen) atoms. The summed E-state index contributed by atoms with van der Waals surface area (Å²) in [6.45, 7) is 5.08. The first kappa shape index (κ1) is 12.6. The molecule has 0 aromatic carbocycles. The van der Waals surface area contributed by atoms with E-state index >= 15 is 0 Å². The maximum absolute atomic E-state index is 6.23. The zero-order chi connectivity index (χ0) is 12.3. The molecule has 0 bridgehead atoms. The minimum atomic E-state index is 0.162. The van der Waals surface area contributed by atoms with Gasteiger partial charge in [-0.05, 0) is 42.1 Å². The normalized spacial score (nSPS) is 12.6. The second kappa shape index (κ2) is 5.63. The molecule has 4 heteroatoms. The third kappa shape index (κ3) is 2.68. The van der Waals surface area contributed by atoms with Crippen molar-refractivity contribution < 1.29 is 0 Å². The number of aryl methyl sites for hydroxylation is 1.